The first-order valence-corrected chi connectivity index (χ1v) is 7.51. The van der Waals surface area contributed by atoms with E-state index in [9.17, 15) is 0 Å². The van der Waals surface area contributed by atoms with Gasteiger partial charge < -0.3 is 20.1 Å². The fraction of sp³-hybridized carbons (Fsp3) is 0.733. The SMILES string of the molecule is CN=C(NCc1c(C)nn(CCOC)c1C)NC(C)COC. The summed E-state index contributed by atoms with van der Waals surface area (Å²) in [5, 5.41) is 11.2. The van der Waals surface area contributed by atoms with E-state index in [0.717, 1.165) is 23.9 Å². The number of ether oxygens (including phenoxy) is 2. The van der Waals surface area contributed by atoms with Crippen molar-refractivity contribution < 1.29 is 9.47 Å². The number of aliphatic imine (C=N–C) groups is 1. The van der Waals surface area contributed by atoms with Crippen molar-refractivity contribution in [2.24, 2.45) is 4.99 Å². The first-order chi connectivity index (χ1) is 10.5. The minimum absolute atomic E-state index is 0.197. The fourth-order valence-electron chi connectivity index (χ4n) is 2.28. The second kappa shape index (κ2) is 9.42. The van der Waals surface area contributed by atoms with Crippen molar-refractivity contribution in [3.05, 3.63) is 17.0 Å². The number of guanidine groups is 1. The van der Waals surface area contributed by atoms with E-state index in [4.69, 9.17) is 9.47 Å². The third-order valence-corrected chi connectivity index (χ3v) is 3.49. The lowest BCUT2D eigenvalue weighted by molar-refractivity contribution is 0.179. The van der Waals surface area contributed by atoms with Crippen LogP contribution in [0.25, 0.3) is 0 Å². The molecule has 0 aliphatic carbocycles. The maximum atomic E-state index is 5.12. The minimum atomic E-state index is 0.197. The van der Waals surface area contributed by atoms with E-state index in [1.165, 1.54) is 5.56 Å². The number of hydrogen-bond acceptors (Lipinski definition) is 4. The van der Waals surface area contributed by atoms with Gasteiger partial charge in [0.05, 0.1) is 25.5 Å². The number of methoxy groups -OCH3 is 2. The van der Waals surface area contributed by atoms with Gasteiger partial charge in [-0.3, -0.25) is 9.67 Å². The quantitative estimate of drug-likeness (QED) is 0.550. The third kappa shape index (κ3) is 5.31. The first-order valence-electron chi connectivity index (χ1n) is 7.51. The average molecular weight is 311 g/mol. The number of nitrogens with one attached hydrogen (secondary N) is 2. The largest absolute Gasteiger partial charge is 0.383 e. The summed E-state index contributed by atoms with van der Waals surface area (Å²) in [6.07, 6.45) is 0. The summed E-state index contributed by atoms with van der Waals surface area (Å²) in [5.41, 5.74) is 3.38. The summed E-state index contributed by atoms with van der Waals surface area (Å²) < 4.78 is 12.2. The lowest BCUT2D eigenvalue weighted by Crippen LogP contribution is -2.43. The minimum Gasteiger partial charge on any atom is -0.383 e. The standard InChI is InChI=1S/C15H29N5O2/c1-11(10-22-6)18-15(16-4)17-9-14-12(2)19-20(13(14)3)7-8-21-5/h11H,7-10H2,1-6H3,(H2,16,17,18). The molecule has 0 amide bonds. The van der Waals surface area contributed by atoms with Crippen LogP contribution >= 0.6 is 0 Å². The van der Waals surface area contributed by atoms with Crippen molar-refractivity contribution in [3.8, 4) is 0 Å². The molecule has 0 radical (unpaired) electrons. The molecule has 1 aromatic rings. The van der Waals surface area contributed by atoms with E-state index in [2.05, 4.69) is 34.6 Å². The first kappa shape index (κ1) is 18.4. The Balaban J connectivity index is 2.64. The Labute approximate surface area is 133 Å². The highest BCUT2D eigenvalue weighted by atomic mass is 16.5. The van der Waals surface area contributed by atoms with Gasteiger partial charge in [0.25, 0.3) is 0 Å². The molecule has 0 fully saturated rings. The molecule has 22 heavy (non-hydrogen) atoms. The number of rotatable bonds is 8. The molecule has 0 aromatic carbocycles. The van der Waals surface area contributed by atoms with Crippen LogP contribution in [-0.4, -0.2) is 56.3 Å². The molecule has 1 rings (SSSR count). The molecule has 2 N–H and O–H groups in total. The summed E-state index contributed by atoms with van der Waals surface area (Å²) in [7, 11) is 5.15. The van der Waals surface area contributed by atoms with E-state index in [-0.39, 0.29) is 6.04 Å². The van der Waals surface area contributed by atoms with Gasteiger partial charge in [-0.15, -0.1) is 0 Å². The van der Waals surface area contributed by atoms with Crippen molar-refractivity contribution in [2.45, 2.75) is 39.9 Å². The molecular formula is C15H29N5O2. The van der Waals surface area contributed by atoms with Gasteiger partial charge in [0.15, 0.2) is 5.96 Å². The van der Waals surface area contributed by atoms with Crippen molar-refractivity contribution in [2.75, 3.05) is 34.5 Å². The molecule has 0 aliphatic heterocycles. The molecule has 1 aromatic heterocycles. The van der Waals surface area contributed by atoms with Gasteiger partial charge in [0.1, 0.15) is 0 Å². The van der Waals surface area contributed by atoms with Crippen molar-refractivity contribution in [1.29, 1.82) is 0 Å². The van der Waals surface area contributed by atoms with Crippen LogP contribution in [-0.2, 0) is 22.6 Å². The molecule has 1 unspecified atom stereocenters. The molecule has 0 bridgehead atoms. The summed E-state index contributed by atoms with van der Waals surface area (Å²) in [4.78, 5) is 4.23. The van der Waals surface area contributed by atoms with E-state index in [1.54, 1.807) is 21.3 Å². The number of hydrogen-bond donors (Lipinski definition) is 2. The zero-order chi connectivity index (χ0) is 16.5. The van der Waals surface area contributed by atoms with Crippen molar-refractivity contribution in [1.82, 2.24) is 20.4 Å². The number of aromatic nitrogens is 2. The molecule has 0 spiro atoms. The summed E-state index contributed by atoms with van der Waals surface area (Å²) in [6, 6.07) is 0.197. The van der Waals surface area contributed by atoms with Gasteiger partial charge in [0, 0.05) is 45.1 Å². The van der Waals surface area contributed by atoms with E-state index < -0.39 is 0 Å². The lowest BCUT2D eigenvalue weighted by Gasteiger charge is -2.17. The zero-order valence-electron chi connectivity index (χ0n) is 14.6. The average Bonchev–Trinajstić information content (AvgIpc) is 2.76. The van der Waals surface area contributed by atoms with Gasteiger partial charge in [-0.05, 0) is 20.8 Å². The Hall–Kier alpha value is -1.60. The second-order valence-corrected chi connectivity index (χ2v) is 5.29. The predicted octanol–water partition coefficient (Wildman–Crippen LogP) is 0.846. The van der Waals surface area contributed by atoms with Crippen LogP contribution in [0.3, 0.4) is 0 Å². The topological polar surface area (TPSA) is 72.7 Å². The van der Waals surface area contributed by atoms with Crippen LogP contribution in [0.1, 0.15) is 23.9 Å². The fourth-order valence-corrected chi connectivity index (χ4v) is 2.28. The molecular weight excluding hydrogens is 282 g/mol. The van der Waals surface area contributed by atoms with Crippen LogP contribution in [0.15, 0.2) is 4.99 Å². The molecule has 0 saturated heterocycles. The Bertz CT molecular complexity index is 485. The molecule has 7 nitrogen and oxygen atoms in total. The van der Waals surface area contributed by atoms with Crippen LogP contribution in [0.2, 0.25) is 0 Å². The van der Waals surface area contributed by atoms with Crippen LogP contribution in [0.4, 0.5) is 0 Å². The van der Waals surface area contributed by atoms with Gasteiger partial charge in [-0.2, -0.15) is 5.10 Å². The number of nitrogens with zero attached hydrogens (tertiary/aromatic N) is 3. The Kier molecular flexibility index (Phi) is 7.90. The van der Waals surface area contributed by atoms with Crippen LogP contribution < -0.4 is 10.6 Å². The zero-order valence-corrected chi connectivity index (χ0v) is 14.6. The van der Waals surface area contributed by atoms with Crippen LogP contribution in [0, 0.1) is 13.8 Å². The maximum absolute atomic E-state index is 5.12. The molecule has 1 heterocycles. The summed E-state index contributed by atoms with van der Waals surface area (Å²) in [6.45, 7) is 8.90. The predicted molar refractivity (Wildman–Crippen MR) is 88.2 cm³/mol. The monoisotopic (exact) mass is 311 g/mol. The van der Waals surface area contributed by atoms with Crippen molar-refractivity contribution >= 4 is 5.96 Å². The smallest absolute Gasteiger partial charge is 0.191 e. The molecule has 0 saturated carbocycles. The van der Waals surface area contributed by atoms with Gasteiger partial charge in [-0.25, -0.2) is 0 Å². The lowest BCUT2D eigenvalue weighted by atomic mass is 10.2. The normalized spacial score (nSPS) is 13.3. The highest BCUT2D eigenvalue weighted by Gasteiger charge is 2.12. The van der Waals surface area contributed by atoms with Crippen molar-refractivity contribution in [3.63, 3.8) is 0 Å². The van der Waals surface area contributed by atoms with E-state index in [1.807, 2.05) is 11.6 Å². The Morgan fingerprint density at radius 1 is 1.32 bits per heavy atom. The highest BCUT2D eigenvalue weighted by Crippen LogP contribution is 2.12. The highest BCUT2D eigenvalue weighted by molar-refractivity contribution is 5.79. The summed E-state index contributed by atoms with van der Waals surface area (Å²) in [5.74, 6) is 0.757. The van der Waals surface area contributed by atoms with E-state index in [0.29, 0.717) is 19.8 Å². The molecule has 126 valence electrons. The molecule has 0 aliphatic rings. The molecule has 7 heteroatoms. The van der Waals surface area contributed by atoms with Gasteiger partial charge in [0.2, 0.25) is 0 Å². The third-order valence-electron chi connectivity index (χ3n) is 3.49. The van der Waals surface area contributed by atoms with Crippen LogP contribution in [0.5, 0.6) is 0 Å². The van der Waals surface area contributed by atoms with Gasteiger partial charge >= 0.3 is 0 Å². The summed E-state index contributed by atoms with van der Waals surface area (Å²) >= 11 is 0. The second-order valence-electron chi connectivity index (χ2n) is 5.29. The van der Waals surface area contributed by atoms with Gasteiger partial charge in [-0.1, -0.05) is 0 Å². The van der Waals surface area contributed by atoms with E-state index >= 15 is 0 Å². The number of aryl methyl sites for hydroxylation is 1. The Morgan fingerprint density at radius 2 is 2.05 bits per heavy atom. The maximum Gasteiger partial charge on any atom is 0.191 e. The molecule has 1 atom stereocenters. The Morgan fingerprint density at radius 3 is 2.64 bits per heavy atom.